The zero-order chi connectivity index (χ0) is 15.0. The summed E-state index contributed by atoms with van der Waals surface area (Å²) in [6.07, 6.45) is 4.21. The van der Waals surface area contributed by atoms with Gasteiger partial charge < -0.3 is 4.57 Å². The summed E-state index contributed by atoms with van der Waals surface area (Å²) < 4.78 is 1.76. The summed E-state index contributed by atoms with van der Waals surface area (Å²) in [5.74, 6) is -0.328. The van der Waals surface area contributed by atoms with Gasteiger partial charge in [0.15, 0.2) is 5.82 Å². The van der Waals surface area contributed by atoms with Crippen molar-refractivity contribution in [2.45, 2.75) is 45.7 Å². The lowest BCUT2D eigenvalue weighted by molar-refractivity contribution is -0.151. The molecule has 112 valence electrons. The number of urea groups is 1. The van der Waals surface area contributed by atoms with E-state index in [1.54, 1.807) is 10.9 Å². The maximum absolute atomic E-state index is 12.7. The van der Waals surface area contributed by atoms with Crippen LogP contribution in [0.25, 0.3) is 0 Å². The maximum Gasteiger partial charge on any atom is 0.331 e. The van der Waals surface area contributed by atoms with Gasteiger partial charge in [-0.25, -0.2) is 4.79 Å². The Hall–Kier alpha value is -2.25. The fraction of sp³-hybridized carbons (Fsp3) is 0.615. The highest BCUT2D eigenvalue weighted by Gasteiger charge is 2.55. The Morgan fingerprint density at radius 2 is 2.00 bits per heavy atom. The Morgan fingerprint density at radius 1 is 1.29 bits per heavy atom. The average Bonchev–Trinajstić information content (AvgIpc) is 3.11. The van der Waals surface area contributed by atoms with Crippen LogP contribution < -0.4 is 5.32 Å². The molecule has 0 radical (unpaired) electrons. The predicted octanol–water partition coefficient (Wildman–Crippen LogP) is 0.437. The van der Waals surface area contributed by atoms with Crippen LogP contribution in [0.1, 0.15) is 38.4 Å². The number of imide groups is 2. The van der Waals surface area contributed by atoms with Crippen LogP contribution >= 0.6 is 0 Å². The molecule has 2 fully saturated rings. The summed E-state index contributed by atoms with van der Waals surface area (Å²) in [5.41, 5.74) is -1.06. The molecule has 8 heteroatoms. The SMILES string of the molecule is CCn1cnnc1CN1C(=O)NC(=O)C2(CCCC2)C1=O. The van der Waals surface area contributed by atoms with Gasteiger partial charge >= 0.3 is 6.03 Å². The van der Waals surface area contributed by atoms with Crippen LogP contribution in [-0.2, 0) is 22.7 Å². The van der Waals surface area contributed by atoms with E-state index in [1.807, 2.05) is 6.92 Å². The number of rotatable bonds is 3. The lowest BCUT2D eigenvalue weighted by atomic mass is 9.82. The zero-order valence-electron chi connectivity index (χ0n) is 11.8. The minimum absolute atomic E-state index is 0.0353. The fourth-order valence-electron chi connectivity index (χ4n) is 3.10. The first-order valence-electron chi connectivity index (χ1n) is 7.12. The Balaban J connectivity index is 1.89. The number of nitrogens with one attached hydrogen (secondary N) is 1. The van der Waals surface area contributed by atoms with E-state index >= 15 is 0 Å². The smallest absolute Gasteiger partial charge is 0.316 e. The second kappa shape index (κ2) is 4.94. The molecule has 3 rings (SSSR count). The number of carbonyl (C=O) groups excluding carboxylic acids is 3. The van der Waals surface area contributed by atoms with Crippen LogP contribution in [0.4, 0.5) is 4.79 Å². The van der Waals surface area contributed by atoms with Crippen molar-refractivity contribution in [2.24, 2.45) is 5.41 Å². The molecule has 1 aliphatic carbocycles. The van der Waals surface area contributed by atoms with E-state index in [9.17, 15) is 14.4 Å². The summed E-state index contributed by atoms with van der Waals surface area (Å²) in [6, 6.07) is -0.673. The van der Waals surface area contributed by atoms with Crippen LogP contribution in [0.3, 0.4) is 0 Å². The third kappa shape index (κ3) is 2.01. The van der Waals surface area contributed by atoms with Gasteiger partial charge in [-0.15, -0.1) is 10.2 Å². The molecule has 0 unspecified atom stereocenters. The zero-order valence-corrected chi connectivity index (χ0v) is 11.8. The van der Waals surface area contributed by atoms with Gasteiger partial charge in [-0.1, -0.05) is 12.8 Å². The highest BCUT2D eigenvalue weighted by atomic mass is 16.2. The Kier molecular flexibility index (Phi) is 3.23. The predicted molar refractivity (Wildman–Crippen MR) is 70.7 cm³/mol. The van der Waals surface area contributed by atoms with E-state index in [0.717, 1.165) is 17.7 Å². The molecule has 1 spiro atoms. The van der Waals surface area contributed by atoms with Crippen LogP contribution in [-0.4, -0.2) is 37.5 Å². The topological polar surface area (TPSA) is 97.2 Å². The van der Waals surface area contributed by atoms with Gasteiger partial charge in [-0.3, -0.25) is 19.8 Å². The molecule has 8 nitrogen and oxygen atoms in total. The van der Waals surface area contributed by atoms with E-state index in [2.05, 4.69) is 15.5 Å². The second-order valence-corrected chi connectivity index (χ2v) is 5.47. The van der Waals surface area contributed by atoms with Gasteiger partial charge in [0.25, 0.3) is 0 Å². The first-order chi connectivity index (χ1) is 10.1. The molecule has 1 N–H and O–H groups in total. The molecule has 4 amide bonds. The first-order valence-corrected chi connectivity index (χ1v) is 7.12. The van der Waals surface area contributed by atoms with Crippen LogP contribution in [0.5, 0.6) is 0 Å². The molecule has 2 aliphatic rings. The minimum Gasteiger partial charge on any atom is -0.316 e. The van der Waals surface area contributed by atoms with E-state index in [0.29, 0.717) is 25.2 Å². The molecule has 21 heavy (non-hydrogen) atoms. The summed E-state index contributed by atoms with van der Waals surface area (Å²) in [5, 5.41) is 10.0. The number of aryl methyl sites for hydroxylation is 1. The third-order valence-corrected chi connectivity index (χ3v) is 4.35. The quantitative estimate of drug-likeness (QED) is 0.815. The number of nitrogens with zero attached hydrogens (tertiary/aromatic N) is 4. The number of barbiturate groups is 1. The molecule has 2 heterocycles. The summed E-state index contributed by atoms with van der Waals surface area (Å²) >= 11 is 0. The van der Waals surface area contributed by atoms with Crippen molar-refractivity contribution in [1.29, 1.82) is 0 Å². The summed E-state index contributed by atoms with van der Waals surface area (Å²) in [6.45, 7) is 2.61. The molecule has 1 aromatic heterocycles. The van der Waals surface area contributed by atoms with Crippen molar-refractivity contribution in [3.05, 3.63) is 12.2 Å². The average molecular weight is 291 g/mol. The summed E-state index contributed by atoms with van der Waals surface area (Å²) in [4.78, 5) is 37.9. The molecule has 1 aliphatic heterocycles. The Morgan fingerprint density at radius 3 is 2.67 bits per heavy atom. The highest BCUT2D eigenvalue weighted by molar-refractivity contribution is 6.19. The highest BCUT2D eigenvalue weighted by Crippen LogP contribution is 2.41. The number of hydrogen-bond acceptors (Lipinski definition) is 5. The number of aromatic nitrogens is 3. The number of amides is 4. The molecule has 1 aromatic rings. The third-order valence-electron chi connectivity index (χ3n) is 4.35. The van der Waals surface area contributed by atoms with Crippen molar-refractivity contribution in [2.75, 3.05) is 0 Å². The van der Waals surface area contributed by atoms with E-state index in [4.69, 9.17) is 0 Å². The van der Waals surface area contributed by atoms with Crippen LogP contribution in [0, 0.1) is 5.41 Å². The van der Waals surface area contributed by atoms with Crippen LogP contribution in [0.15, 0.2) is 6.33 Å². The van der Waals surface area contributed by atoms with E-state index < -0.39 is 23.3 Å². The molecular weight excluding hydrogens is 274 g/mol. The van der Waals surface area contributed by atoms with Gasteiger partial charge in [0.05, 0.1) is 6.54 Å². The molecule has 0 atom stereocenters. The van der Waals surface area contributed by atoms with Gasteiger partial charge in [0, 0.05) is 6.54 Å². The molecule has 0 aromatic carbocycles. The monoisotopic (exact) mass is 291 g/mol. The fourth-order valence-corrected chi connectivity index (χ4v) is 3.10. The lowest BCUT2D eigenvalue weighted by Crippen LogP contribution is -2.62. The van der Waals surface area contributed by atoms with Crippen molar-refractivity contribution >= 4 is 17.8 Å². The van der Waals surface area contributed by atoms with E-state index in [-0.39, 0.29) is 6.54 Å². The first kappa shape index (κ1) is 13.7. The maximum atomic E-state index is 12.7. The largest absolute Gasteiger partial charge is 0.331 e. The lowest BCUT2D eigenvalue weighted by Gasteiger charge is -2.36. The van der Waals surface area contributed by atoms with Crippen molar-refractivity contribution in [1.82, 2.24) is 25.0 Å². The standard InChI is InChI=1S/C13H17N5O3/c1-2-17-8-14-16-9(17)7-18-11(20)13(5-3-4-6-13)10(19)15-12(18)21/h8H,2-7H2,1H3,(H,15,19,21). The van der Waals surface area contributed by atoms with Gasteiger partial charge in [-0.05, 0) is 19.8 Å². The summed E-state index contributed by atoms with van der Waals surface area (Å²) in [7, 11) is 0. The minimum atomic E-state index is -1.06. The molecule has 1 saturated carbocycles. The van der Waals surface area contributed by atoms with Gasteiger partial charge in [0.2, 0.25) is 11.8 Å². The number of carbonyl (C=O) groups is 3. The Labute approximate surface area is 121 Å². The molecule has 1 saturated heterocycles. The Bertz CT molecular complexity index is 603. The van der Waals surface area contributed by atoms with Crippen molar-refractivity contribution in [3.8, 4) is 0 Å². The van der Waals surface area contributed by atoms with Gasteiger partial charge in [-0.2, -0.15) is 0 Å². The molecular formula is C13H17N5O3. The number of hydrogen-bond donors (Lipinski definition) is 1. The molecule has 0 bridgehead atoms. The second-order valence-electron chi connectivity index (χ2n) is 5.47. The van der Waals surface area contributed by atoms with Gasteiger partial charge in [0.1, 0.15) is 11.7 Å². The normalized spacial score (nSPS) is 21.2. The van der Waals surface area contributed by atoms with Crippen molar-refractivity contribution < 1.29 is 14.4 Å². The van der Waals surface area contributed by atoms with Crippen LogP contribution in [0.2, 0.25) is 0 Å². The van der Waals surface area contributed by atoms with Crippen molar-refractivity contribution in [3.63, 3.8) is 0 Å². The van der Waals surface area contributed by atoms with E-state index in [1.165, 1.54) is 0 Å².